The van der Waals surface area contributed by atoms with Gasteiger partial charge in [0.05, 0.1) is 11.1 Å². The molecule has 6 heteroatoms. The molecule has 1 aromatic rings. The van der Waals surface area contributed by atoms with Crippen LogP contribution in [0.1, 0.15) is 25.7 Å². The topological polar surface area (TPSA) is 58.6 Å². The summed E-state index contributed by atoms with van der Waals surface area (Å²) >= 11 is 11.7. The van der Waals surface area contributed by atoms with E-state index in [0.29, 0.717) is 28.3 Å². The molecule has 1 amide bonds. The molecule has 1 aliphatic rings. The highest BCUT2D eigenvalue weighted by molar-refractivity contribution is 6.35. The summed E-state index contributed by atoms with van der Waals surface area (Å²) in [6.45, 7) is 0.490. The quantitative estimate of drug-likeness (QED) is 0.871. The zero-order chi connectivity index (χ0) is 15.2. The van der Waals surface area contributed by atoms with Crippen molar-refractivity contribution in [3.05, 3.63) is 28.2 Å². The predicted octanol–water partition coefficient (Wildman–Crippen LogP) is 3.04. The molecule has 21 heavy (non-hydrogen) atoms. The van der Waals surface area contributed by atoms with Crippen LogP contribution in [0.2, 0.25) is 10.0 Å². The number of rotatable bonds is 5. The van der Waals surface area contributed by atoms with Crippen LogP contribution in [-0.2, 0) is 4.79 Å². The number of benzene rings is 1. The molecular weight excluding hydrogens is 313 g/mol. The van der Waals surface area contributed by atoms with E-state index in [0.717, 1.165) is 25.7 Å². The van der Waals surface area contributed by atoms with Crippen molar-refractivity contribution in [3.63, 3.8) is 0 Å². The zero-order valence-electron chi connectivity index (χ0n) is 11.6. The first-order chi connectivity index (χ1) is 10.0. The highest BCUT2D eigenvalue weighted by Gasteiger charge is 2.20. The minimum absolute atomic E-state index is 0.0867. The standard InChI is InChI=1S/C15H19Cl2NO3/c16-11-4-5-14(13(17)7-11)21-9-15(20)18-8-10-2-1-3-12(19)6-10/h4-5,7,10,12,19H,1-3,6,8-9H2,(H,18,20). The molecule has 1 aliphatic carbocycles. The van der Waals surface area contributed by atoms with Crippen molar-refractivity contribution in [2.75, 3.05) is 13.2 Å². The van der Waals surface area contributed by atoms with Gasteiger partial charge in [0.15, 0.2) is 6.61 Å². The maximum Gasteiger partial charge on any atom is 0.257 e. The van der Waals surface area contributed by atoms with Crippen LogP contribution in [0.3, 0.4) is 0 Å². The number of aliphatic hydroxyl groups excluding tert-OH is 1. The fourth-order valence-electron chi connectivity index (χ4n) is 2.49. The van der Waals surface area contributed by atoms with Crippen LogP contribution in [0.25, 0.3) is 0 Å². The van der Waals surface area contributed by atoms with Crippen molar-refractivity contribution in [2.45, 2.75) is 31.8 Å². The van der Waals surface area contributed by atoms with Gasteiger partial charge in [0.25, 0.3) is 5.91 Å². The van der Waals surface area contributed by atoms with Crippen LogP contribution in [0.15, 0.2) is 18.2 Å². The van der Waals surface area contributed by atoms with Crippen LogP contribution < -0.4 is 10.1 Å². The molecule has 0 bridgehead atoms. The Bertz CT molecular complexity index is 496. The van der Waals surface area contributed by atoms with Gasteiger partial charge in [-0.3, -0.25) is 4.79 Å². The second-order valence-corrected chi connectivity index (χ2v) is 6.20. The van der Waals surface area contributed by atoms with Crippen molar-refractivity contribution in [2.24, 2.45) is 5.92 Å². The van der Waals surface area contributed by atoms with Crippen molar-refractivity contribution in [3.8, 4) is 5.75 Å². The lowest BCUT2D eigenvalue weighted by molar-refractivity contribution is -0.123. The Kier molecular flexibility index (Phi) is 6.15. The summed E-state index contributed by atoms with van der Waals surface area (Å²) < 4.78 is 5.36. The monoisotopic (exact) mass is 331 g/mol. The normalized spacial score (nSPS) is 21.9. The molecular formula is C15H19Cl2NO3. The Labute approximate surface area is 134 Å². The summed E-state index contributed by atoms with van der Waals surface area (Å²) in [6, 6.07) is 4.86. The first-order valence-corrected chi connectivity index (χ1v) is 7.83. The van der Waals surface area contributed by atoms with Crippen molar-refractivity contribution >= 4 is 29.1 Å². The van der Waals surface area contributed by atoms with E-state index in [2.05, 4.69) is 5.32 Å². The Balaban J connectivity index is 1.72. The molecule has 0 heterocycles. The van der Waals surface area contributed by atoms with Gasteiger partial charge in [0.2, 0.25) is 0 Å². The van der Waals surface area contributed by atoms with Gasteiger partial charge >= 0.3 is 0 Å². The van der Waals surface area contributed by atoms with Gasteiger partial charge in [-0.1, -0.05) is 29.6 Å². The molecule has 116 valence electrons. The maximum atomic E-state index is 11.8. The van der Waals surface area contributed by atoms with Crippen LogP contribution in [0.5, 0.6) is 5.75 Å². The Hall–Kier alpha value is -0.970. The van der Waals surface area contributed by atoms with Gasteiger partial charge in [0, 0.05) is 11.6 Å². The van der Waals surface area contributed by atoms with Gasteiger partial charge < -0.3 is 15.2 Å². The molecule has 0 aliphatic heterocycles. The van der Waals surface area contributed by atoms with E-state index >= 15 is 0 Å². The first-order valence-electron chi connectivity index (χ1n) is 7.07. The molecule has 1 aromatic carbocycles. The molecule has 0 spiro atoms. The largest absolute Gasteiger partial charge is 0.482 e. The fourth-order valence-corrected chi connectivity index (χ4v) is 2.96. The second kappa shape index (κ2) is 7.87. The summed E-state index contributed by atoms with van der Waals surface area (Å²) in [5.41, 5.74) is 0. The SMILES string of the molecule is O=C(COc1ccc(Cl)cc1Cl)NCC1CCCC(O)C1. The van der Waals surface area contributed by atoms with Crippen molar-refractivity contribution < 1.29 is 14.6 Å². The molecule has 1 saturated carbocycles. The lowest BCUT2D eigenvalue weighted by atomic mass is 9.87. The number of nitrogens with one attached hydrogen (secondary N) is 1. The van der Waals surface area contributed by atoms with Gasteiger partial charge in [0.1, 0.15) is 5.75 Å². The van der Waals surface area contributed by atoms with Gasteiger partial charge in [-0.2, -0.15) is 0 Å². The van der Waals surface area contributed by atoms with E-state index in [9.17, 15) is 9.90 Å². The third kappa shape index (κ3) is 5.38. The van der Waals surface area contributed by atoms with E-state index in [1.54, 1.807) is 18.2 Å². The smallest absolute Gasteiger partial charge is 0.257 e. The molecule has 0 aromatic heterocycles. The lowest BCUT2D eigenvalue weighted by Gasteiger charge is -2.25. The fraction of sp³-hybridized carbons (Fsp3) is 0.533. The van der Waals surface area contributed by atoms with Crippen LogP contribution in [0, 0.1) is 5.92 Å². The Morgan fingerprint density at radius 2 is 2.19 bits per heavy atom. The lowest BCUT2D eigenvalue weighted by Crippen LogP contribution is -2.35. The minimum atomic E-state index is -0.232. The average Bonchev–Trinajstić information content (AvgIpc) is 2.44. The zero-order valence-corrected chi connectivity index (χ0v) is 13.2. The highest BCUT2D eigenvalue weighted by atomic mass is 35.5. The van der Waals surface area contributed by atoms with Crippen LogP contribution in [0.4, 0.5) is 0 Å². The molecule has 2 unspecified atom stereocenters. The minimum Gasteiger partial charge on any atom is -0.482 e. The molecule has 1 fully saturated rings. The maximum absolute atomic E-state index is 11.8. The van der Waals surface area contributed by atoms with Crippen LogP contribution >= 0.6 is 23.2 Å². The molecule has 2 rings (SSSR count). The first kappa shape index (κ1) is 16.4. The van der Waals surface area contributed by atoms with Crippen LogP contribution in [-0.4, -0.2) is 30.3 Å². The summed E-state index contributed by atoms with van der Waals surface area (Å²) in [5.74, 6) is 0.585. The summed E-state index contributed by atoms with van der Waals surface area (Å²) in [4.78, 5) is 11.8. The molecule has 0 radical (unpaired) electrons. The molecule has 2 N–H and O–H groups in total. The average molecular weight is 332 g/mol. The number of amides is 1. The molecule has 4 nitrogen and oxygen atoms in total. The van der Waals surface area contributed by atoms with E-state index in [1.165, 1.54) is 0 Å². The summed E-state index contributed by atoms with van der Waals surface area (Å²) in [7, 11) is 0. The van der Waals surface area contributed by atoms with E-state index < -0.39 is 0 Å². The summed E-state index contributed by atoms with van der Waals surface area (Å²) in [6.07, 6.45) is 3.44. The van der Waals surface area contributed by atoms with Crippen molar-refractivity contribution in [1.29, 1.82) is 0 Å². The highest BCUT2D eigenvalue weighted by Crippen LogP contribution is 2.27. The van der Waals surface area contributed by atoms with Gasteiger partial charge in [-0.25, -0.2) is 0 Å². The predicted molar refractivity (Wildman–Crippen MR) is 82.9 cm³/mol. The number of aliphatic hydroxyl groups is 1. The van der Waals surface area contributed by atoms with E-state index in [1.807, 2.05) is 0 Å². The van der Waals surface area contributed by atoms with Crippen molar-refractivity contribution in [1.82, 2.24) is 5.32 Å². The van der Waals surface area contributed by atoms with Gasteiger partial charge in [-0.05, 0) is 43.4 Å². The number of hydrogen-bond donors (Lipinski definition) is 2. The summed E-state index contributed by atoms with van der Waals surface area (Å²) in [5, 5.41) is 13.3. The third-order valence-electron chi connectivity index (χ3n) is 3.60. The number of ether oxygens (including phenoxy) is 1. The number of carbonyl (C=O) groups is 1. The second-order valence-electron chi connectivity index (χ2n) is 5.35. The molecule has 2 atom stereocenters. The van der Waals surface area contributed by atoms with Gasteiger partial charge in [-0.15, -0.1) is 0 Å². The Morgan fingerprint density at radius 1 is 1.38 bits per heavy atom. The molecule has 0 saturated heterocycles. The number of carbonyl (C=O) groups excluding carboxylic acids is 1. The number of halogens is 2. The Morgan fingerprint density at radius 3 is 2.90 bits per heavy atom. The third-order valence-corrected chi connectivity index (χ3v) is 4.13. The van der Waals surface area contributed by atoms with E-state index in [4.69, 9.17) is 27.9 Å². The number of hydrogen-bond acceptors (Lipinski definition) is 3. The van der Waals surface area contributed by atoms with E-state index in [-0.39, 0.29) is 18.6 Å².